The van der Waals surface area contributed by atoms with E-state index in [4.69, 9.17) is 18.9 Å². The van der Waals surface area contributed by atoms with Crippen molar-refractivity contribution in [3.05, 3.63) is 59.3 Å². The average Bonchev–Trinajstić information content (AvgIpc) is 3.30. The third-order valence-corrected chi connectivity index (χ3v) is 10.1. The van der Waals surface area contributed by atoms with E-state index in [0.717, 1.165) is 12.0 Å². The molecule has 4 heterocycles. The lowest BCUT2D eigenvalue weighted by Gasteiger charge is -2.48. The number of allylic oxidation sites excluding steroid dienone is 2. The molecular formula is C34H48O8. The molecule has 0 radical (unpaired) electrons. The lowest BCUT2D eigenvalue weighted by atomic mass is 9.71. The van der Waals surface area contributed by atoms with Crippen molar-refractivity contribution >= 4 is 5.97 Å². The number of fused-ring (bicyclic) bond motifs is 2. The van der Waals surface area contributed by atoms with Gasteiger partial charge in [0.15, 0.2) is 5.79 Å². The van der Waals surface area contributed by atoms with Crippen molar-refractivity contribution in [1.82, 2.24) is 0 Å². The number of aliphatic hydroxyl groups excluding tert-OH is 2. The maximum Gasteiger partial charge on any atom is 0.316 e. The zero-order valence-electron chi connectivity index (χ0n) is 25.7. The van der Waals surface area contributed by atoms with Crippen LogP contribution in [0.5, 0.6) is 0 Å². The van der Waals surface area contributed by atoms with E-state index >= 15 is 0 Å². The van der Waals surface area contributed by atoms with Gasteiger partial charge in [-0.15, -0.1) is 0 Å². The minimum absolute atomic E-state index is 0.0464. The van der Waals surface area contributed by atoms with Crippen molar-refractivity contribution in [2.24, 2.45) is 23.7 Å². The molecule has 1 spiro atoms. The third kappa shape index (κ3) is 5.74. The minimum Gasteiger partial charge on any atom is -0.462 e. The molecule has 42 heavy (non-hydrogen) atoms. The summed E-state index contributed by atoms with van der Waals surface area (Å²) in [6.45, 7) is 12.1. The van der Waals surface area contributed by atoms with Gasteiger partial charge in [-0.1, -0.05) is 70.6 Å². The van der Waals surface area contributed by atoms with Crippen molar-refractivity contribution < 1.29 is 39.1 Å². The number of ether oxygens (including phenoxy) is 4. The minimum atomic E-state index is -1.77. The van der Waals surface area contributed by atoms with E-state index in [2.05, 4.69) is 26.8 Å². The van der Waals surface area contributed by atoms with Gasteiger partial charge in [-0.05, 0) is 49.0 Å². The number of aliphatic hydroxyl groups is 3. The summed E-state index contributed by atoms with van der Waals surface area (Å²) in [6.07, 6.45) is 11.7. The maximum atomic E-state index is 14.0. The van der Waals surface area contributed by atoms with Crippen LogP contribution in [0.25, 0.3) is 0 Å². The first-order valence-electron chi connectivity index (χ1n) is 15.6. The second-order valence-corrected chi connectivity index (χ2v) is 13.2. The van der Waals surface area contributed by atoms with Gasteiger partial charge < -0.3 is 34.3 Å². The fourth-order valence-electron chi connectivity index (χ4n) is 7.15. The molecule has 1 aliphatic carbocycles. The first-order chi connectivity index (χ1) is 19.9. The highest BCUT2D eigenvalue weighted by atomic mass is 16.7. The van der Waals surface area contributed by atoms with Crippen molar-refractivity contribution in [2.45, 2.75) is 115 Å². The summed E-state index contributed by atoms with van der Waals surface area (Å²) in [4.78, 5) is 14.0. The van der Waals surface area contributed by atoms with Crippen LogP contribution in [0.2, 0.25) is 0 Å². The predicted molar refractivity (Wildman–Crippen MR) is 158 cm³/mol. The molecule has 0 aromatic carbocycles. The van der Waals surface area contributed by atoms with Gasteiger partial charge in [0.2, 0.25) is 0 Å². The van der Waals surface area contributed by atoms with Crippen LogP contribution in [-0.4, -0.2) is 75.9 Å². The highest BCUT2D eigenvalue weighted by Gasteiger charge is 2.60. The predicted octanol–water partition coefficient (Wildman–Crippen LogP) is 4.31. The first-order valence-corrected chi connectivity index (χ1v) is 15.6. The van der Waals surface area contributed by atoms with Gasteiger partial charge in [0.25, 0.3) is 0 Å². The Kier molecular flexibility index (Phi) is 9.06. The van der Waals surface area contributed by atoms with Crippen LogP contribution in [0, 0.1) is 23.7 Å². The summed E-state index contributed by atoms with van der Waals surface area (Å²) in [6, 6.07) is 0. The molecule has 0 saturated carbocycles. The van der Waals surface area contributed by atoms with E-state index in [-0.39, 0.29) is 30.7 Å². The number of carbonyl (C=O) groups is 1. The summed E-state index contributed by atoms with van der Waals surface area (Å²) in [5.41, 5.74) is 0.101. The summed E-state index contributed by atoms with van der Waals surface area (Å²) in [7, 11) is 0. The second-order valence-electron chi connectivity index (χ2n) is 13.2. The van der Waals surface area contributed by atoms with Crippen LogP contribution in [0.4, 0.5) is 0 Å². The normalized spacial score (nSPS) is 47.0. The van der Waals surface area contributed by atoms with Crippen LogP contribution in [0.3, 0.4) is 0 Å². The molecule has 8 nitrogen and oxygen atoms in total. The van der Waals surface area contributed by atoms with Gasteiger partial charge in [0.05, 0.1) is 24.9 Å². The van der Waals surface area contributed by atoms with E-state index in [0.29, 0.717) is 36.3 Å². The number of hydrogen-bond donors (Lipinski definition) is 3. The van der Waals surface area contributed by atoms with Crippen LogP contribution < -0.4 is 0 Å². The highest BCUT2D eigenvalue weighted by molar-refractivity contribution is 5.78. The van der Waals surface area contributed by atoms with Gasteiger partial charge in [0.1, 0.15) is 29.8 Å². The topological polar surface area (TPSA) is 115 Å². The van der Waals surface area contributed by atoms with E-state index in [1.807, 2.05) is 32.1 Å². The Morgan fingerprint density at radius 1 is 1.05 bits per heavy atom. The third-order valence-electron chi connectivity index (χ3n) is 10.1. The molecule has 5 aliphatic rings. The Balaban J connectivity index is 1.54. The van der Waals surface area contributed by atoms with Crippen molar-refractivity contribution in [3.8, 4) is 0 Å². The fraction of sp³-hybridized carbons (Fsp3) is 0.676. The largest absolute Gasteiger partial charge is 0.462 e. The molecule has 4 aliphatic heterocycles. The monoisotopic (exact) mass is 584 g/mol. The number of esters is 1. The van der Waals surface area contributed by atoms with Crippen molar-refractivity contribution in [2.75, 3.05) is 6.61 Å². The van der Waals surface area contributed by atoms with E-state index in [1.54, 1.807) is 25.2 Å². The molecule has 232 valence electrons. The summed E-state index contributed by atoms with van der Waals surface area (Å²) in [5, 5.41) is 34.0. The smallest absolute Gasteiger partial charge is 0.316 e. The fourth-order valence-corrected chi connectivity index (χ4v) is 7.15. The molecule has 2 fully saturated rings. The molecule has 2 bridgehead atoms. The van der Waals surface area contributed by atoms with Crippen LogP contribution in [0.1, 0.15) is 67.2 Å². The lowest BCUT2D eigenvalue weighted by molar-refractivity contribution is -0.300. The second kappa shape index (κ2) is 12.1. The Bertz CT molecular complexity index is 1180. The van der Waals surface area contributed by atoms with Crippen LogP contribution in [-0.2, 0) is 23.7 Å². The molecule has 2 saturated heterocycles. The zero-order chi connectivity index (χ0) is 30.4. The first kappa shape index (κ1) is 31.4. The Hall–Kier alpha value is -2.07. The molecule has 8 heteroatoms. The molecule has 0 amide bonds. The lowest BCUT2D eigenvalue weighted by Crippen LogP contribution is -2.58. The van der Waals surface area contributed by atoms with Gasteiger partial charge in [-0.25, -0.2) is 0 Å². The molecule has 12 atom stereocenters. The van der Waals surface area contributed by atoms with Crippen LogP contribution in [0.15, 0.2) is 59.3 Å². The number of rotatable bonds is 2. The van der Waals surface area contributed by atoms with Crippen LogP contribution >= 0.6 is 0 Å². The molecule has 0 unspecified atom stereocenters. The number of carbonyl (C=O) groups excluding carboxylic acids is 1. The summed E-state index contributed by atoms with van der Waals surface area (Å²) in [5.74, 6) is -2.35. The van der Waals surface area contributed by atoms with E-state index in [1.165, 1.54) is 0 Å². The van der Waals surface area contributed by atoms with Gasteiger partial charge in [-0.3, -0.25) is 4.79 Å². The molecule has 5 rings (SSSR count). The van der Waals surface area contributed by atoms with Crippen molar-refractivity contribution in [1.29, 1.82) is 0 Å². The molecule has 0 aromatic rings. The SMILES string of the molecule is CC[C@H](C)[C@H]1O[C@]2(C=C[C@@H]1C)C[C@@H]1C[C@@H](C/C=C(/C)[C@@H](O)[C@@H](C)/C=C\C=C3CO[C@@H]4[C@H](O)C(C)=C[C@@H](C(=O)O1)[C@]34O)O2. The summed E-state index contributed by atoms with van der Waals surface area (Å²) >= 11 is 0. The molecule has 3 N–H and O–H groups in total. The Labute approximate surface area is 249 Å². The quantitative estimate of drug-likeness (QED) is 0.325. The standard InChI is InChI=1S/C34H48O8/c1-7-19(2)30-22(5)13-14-33(42-30)17-26-16-25(41-33)12-11-21(4)28(35)20(3)9-8-10-24-18-39-31-29(36)23(6)15-27(32(37)40-26)34(24,31)38/h8-11,13-15,19-20,22,25-31,35-36,38H,7,12,16-18H2,1-6H3/b9-8-,21-11-,24-10?/t19-,20-,22-,25+,26-,27-,28-,29+,30+,31+,33+,34+/m0/s1. The Morgan fingerprint density at radius 3 is 2.55 bits per heavy atom. The van der Waals surface area contributed by atoms with E-state index in [9.17, 15) is 20.1 Å². The summed E-state index contributed by atoms with van der Waals surface area (Å²) < 4.78 is 25.5. The molecule has 0 aromatic heterocycles. The zero-order valence-corrected chi connectivity index (χ0v) is 25.7. The Morgan fingerprint density at radius 2 is 1.81 bits per heavy atom. The van der Waals surface area contributed by atoms with Gasteiger partial charge in [0, 0.05) is 24.7 Å². The van der Waals surface area contributed by atoms with Crippen molar-refractivity contribution in [3.63, 3.8) is 0 Å². The number of hydrogen-bond acceptors (Lipinski definition) is 8. The van der Waals surface area contributed by atoms with E-state index < -0.39 is 47.7 Å². The highest BCUT2D eigenvalue weighted by Crippen LogP contribution is 2.47. The average molecular weight is 585 g/mol. The molecular weight excluding hydrogens is 536 g/mol. The maximum absolute atomic E-state index is 14.0. The van der Waals surface area contributed by atoms with Gasteiger partial charge in [-0.2, -0.15) is 0 Å². The van der Waals surface area contributed by atoms with Gasteiger partial charge >= 0.3 is 5.97 Å².